The molecule has 0 spiro atoms. The molecule has 0 aliphatic carbocycles. The lowest BCUT2D eigenvalue weighted by Gasteiger charge is -2.12. The quantitative estimate of drug-likeness (QED) is 0.725. The molecule has 0 fully saturated rings. The van der Waals surface area contributed by atoms with Gasteiger partial charge in [0.25, 0.3) is 0 Å². The van der Waals surface area contributed by atoms with Crippen molar-refractivity contribution in [2.24, 2.45) is 5.92 Å². The highest BCUT2D eigenvalue weighted by Crippen LogP contribution is 2.24. The van der Waals surface area contributed by atoms with Gasteiger partial charge in [0.2, 0.25) is 0 Å². The third kappa shape index (κ3) is 3.58. The van der Waals surface area contributed by atoms with Crippen LogP contribution in [0.2, 0.25) is 0 Å². The standard InChI is InChI=1S/C14H18O4/c1-9(15)14(10(2)16)7-11-5-12(17-3)8-13(6-11)18-4/h5-6,8,14H,7H2,1-4H3. The molecule has 0 atom stereocenters. The maximum Gasteiger partial charge on any atom is 0.140 e. The Morgan fingerprint density at radius 2 is 1.44 bits per heavy atom. The number of Topliss-reactive ketones (excluding diaryl/α,β-unsaturated/α-hetero) is 2. The number of ether oxygens (including phenoxy) is 2. The van der Waals surface area contributed by atoms with E-state index in [0.717, 1.165) is 5.56 Å². The highest BCUT2D eigenvalue weighted by Gasteiger charge is 2.20. The van der Waals surface area contributed by atoms with E-state index >= 15 is 0 Å². The van der Waals surface area contributed by atoms with Crippen LogP contribution in [0.3, 0.4) is 0 Å². The minimum absolute atomic E-state index is 0.121. The summed E-state index contributed by atoms with van der Waals surface area (Å²) in [5.41, 5.74) is 0.849. The number of hydrogen-bond donors (Lipinski definition) is 0. The summed E-state index contributed by atoms with van der Waals surface area (Å²) in [6.07, 6.45) is 0.373. The van der Waals surface area contributed by atoms with Gasteiger partial charge in [-0.1, -0.05) is 0 Å². The molecular weight excluding hydrogens is 232 g/mol. The second-order valence-corrected chi connectivity index (χ2v) is 4.20. The van der Waals surface area contributed by atoms with E-state index in [2.05, 4.69) is 0 Å². The van der Waals surface area contributed by atoms with Gasteiger partial charge in [0.15, 0.2) is 0 Å². The molecule has 0 saturated heterocycles. The zero-order chi connectivity index (χ0) is 13.7. The molecule has 0 radical (unpaired) electrons. The topological polar surface area (TPSA) is 52.6 Å². The van der Waals surface area contributed by atoms with Gasteiger partial charge in [-0.05, 0) is 38.0 Å². The van der Waals surface area contributed by atoms with Crippen molar-refractivity contribution in [3.05, 3.63) is 23.8 Å². The first-order valence-corrected chi connectivity index (χ1v) is 5.70. The van der Waals surface area contributed by atoms with Crippen molar-refractivity contribution in [1.29, 1.82) is 0 Å². The Morgan fingerprint density at radius 3 is 1.78 bits per heavy atom. The highest BCUT2D eigenvalue weighted by atomic mass is 16.5. The summed E-state index contributed by atoms with van der Waals surface area (Å²) >= 11 is 0. The Labute approximate surface area is 107 Å². The van der Waals surface area contributed by atoms with Crippen molar-refractivity contribution in [3.8, 4) is 11.5 Å². The fourth-order valence-corrected chi connectivity index (χ4v) is 1.79. The highest BCUT2D eigenvalue weighted by molar-refractivity contribution is 6.00. The molecule has 18 heavy (non-hydrogen) atoms. The molecule has 0 amide bonds. The Hall–Kier alpha value is -1.84. The largest absolute Gasteiger partial charge is 0.497 e. The first-order chi connectivity index (χ1) is 8.47. The van der Waals surface area contributed by atoms with Gasteiger partial charge in [0, 0.05) is 6.07 Å². The lowest BCUT2D eigenvalue weighted by atomic mass is 9.92. The van der Waals surface area contributed by atoms with Gasteiger partial charge in [-0.3, -0.25) is 9.59 Å². The monoisotopic (exact) mass is 250 g/mol. The van der Waals surface area contributed by atoms with E-state index in [9.17, 15) is 9.59 Å². The molecule has 1 aromatic carbocycles. The van der Waals surface area contributed by atoms with Crippen molar-refractivity contribution in [3.63, 3.8) is 0 Å². The number of carbonyl (C=O) groups is 2. The van der Waals surface area contributed by atoms with Crippen LogP contribution in [0.25, 0.3) is 0 Å². The van der Waals surface area contributed by atoms with Gasteiger partial charge in [-0.15, -0.1) is 0 Å². The second-order valence-electron chi connectivity index (χ2n) is 4.20. The predicted octanol–water partition coefficient (Wildman–Crippen LogP) is 2.04. The van der Waals surface area contributed by atoms with E-state index in [4.69, 9.17) is 9.47 Å². The van der Waals surface area contributed by atoms with Crippen LogP contribution in [0, 0.1) is 5.92 Å². The van der Waals surface area contributed by atoms with Crippen LogP contribution in [0.15, 0.2) is 18.2 Å². The van der Waals surface area contributed by atoms with Gasteiger partial charge in [0.1, 0.15) is 23.1 Å². The van der Waals surface area contributed by atoms with E-state index in [-0.39, 0.29) is 11.6 Å². The molecular formula is C14H18O4. The fraction of sp³-hybridized carbons (Fsp3) is 0.429. The molecule has 0 N–H and O–H groups in total. The van der Waals surface area contributed by atoms with Crippen molar-refractivity contribution in [2.75, 3.05) is 14.2 Å². The van der Waals surface area contributed by atoms with E-state index in [0.29, 0.717) is 17.9 Å². The number of carbonyl (C=O) groups excluding carboxylic acids is 2. The van der Waals surface area contributed by atoms with Crippen molar-refractivity contribution in [2.45, 2.75) is 20.3 Å². The van der Waals surface area contributed by atoms with E-state index < -0.39 is 5.92 Å². The van der Waals surface area contributed by atoms with Crippen LogP contribution in [-0.2, 0) is 16.0 Å². The van der Waals surface area contributed by atoms with Crippen molar-refractivity contribution < 1.29 is 19.1 Å². The molecule has 0 unspecified atom stereocenters. The summed E-state index contributed by atoms with van der Waals surface area (Å²) in [4.78, 5) is 22.8. The zero-order valence-corrected chi connectivity index (χ0v) is 11.1. The molecule has 0 saturated carbocycles. The predicted molar refractivity (Wildman–Crippen MR) is 68.1 cm³/mol. The van der Waals surface area contributed by atoms with E-state index in [1.807, 2.05) is 0 Å². The minimum Gasteiger partial charge on any atom is -0.497 e. The van der Waals surface area contributed by atoms with Gasteiger partial charge >= 0.3 is 0 Å². The van der Waals surface area contributed by atoms with Crippen molar-refractivity contribution >= 4 is 11.6 Å². The Morgan fingerprint density at radius 1 is 1.00 bits per heavy atom. The SMILES string of the molecule is COc1cc(CC(C(C)=O)C(C)=O)cc(OC)c1. The third-order valence-electron chi connectivity index (χ3n) is 2.83. The zero-order valence-electron chi connectivity index (χ0n) is 11.1. The van der Waals surface area contributed by atoms with Crippen LogP contribution >= 0.6 is 0 Å². The number of ketones is 2. The number of rotatable bonds is 6. The second kappa shape index (κ2) is 6.19. The molecule has 4 nitrogen and oxygen atoms in total. The molecule has 0 heterocycles. The van der Waals surface area contributed by atoms with Crippen molar-refractivity contribution in [1.82, 2.24) is 0 Å². The maximum absolute atomic E-state index is 11.4. The first-order valence-electron chi connectivity index (χ1n) is 5.70. The lowest BCUT2D eigenvalue weighted by Crippen LogP contribution is -2.21. The van der Waals surface area contributed by atoms with Crippen LogP contribution in [0.1, 0.15) is 19.4 Å². The fourth-order valence-electron chi connectivity index (χ4n) is 1.79. The Kier molecular flexibility index (Phi) is 4.89. The lowest BCUT2D eigenvalue weighted by molar-refractivity contribution is -0.130. The Balaban J connectivity index is 3.01. The molecule has 1 rings (SSSR count). The molecule has 0 bridgehead atoms. The van der Waals surface area contributed by atoms with Crippen LogP contribution < -0.4 is 9.47 Å². The number of methoxy groups -OCH3 is 2. The van der Waals surface area contributed by atoms with Gasteiger partial charge in [-0.2, -0.15) is 0 Å². The molecule has 98 valence electrons. The molecule has 1 aromatic rings. The summed E-state index contributed by atoms with van der Waals surface area (Å²) in [7, 11) is 3.12. The summed E-state index contributed by atoms with van der Waals surface area (Å²) in [6.45, 7) is 2.87. The van der Waals surface area contributed by atoms with E-state index in [1.165, 1.54) is 13.8 Å². The number of hydrogen-bond acceptors (Lipinski definition) is 4. The molecule has 0 aromatic heterocycles. The minimum atomic E-state index is -0.596. The molecule has 4 heteroatoms. The van der Waals surface area contributed by atoms with Crippen LogP contribution in [0.5, 0.6) is 11.5 Å². The van der Waals surface area contributed by atoms with E-state index in [1.54, 1.807) is 32.4 Å². The van der Waals surface area contributed by atoms with Gasteiger partial charge in [0.05, 0.1) is 20.1 Å². The molecule has 0 aliphatic heterocycles. The summed E-state index contributed by atoms with van der Waals surface area (Å²) in [5, 5.41) is 0. The van der Waals surface area contributed by atoms with Crippen LogP contribution in [0.4, 0.5) is 0 Å². The van der Waals surface area contributed by atoms with Gasteiger partial charge in [-0.25, -0.2) is 0 Å². The van der Waals surface area contributed by atoms with Gasteiger partial charge < -0.3 is 9.47 Å². The average Bonchev–Trinajstić information content (AvgIpc) is 2.34. The smallest absolute Gasteiger partial charge is 0.140 e. The molecule has 0 aliphatic rings. The summed E-state index contributed by atoms with van der Waals surface area (Å²) < 4.78 is 10.3. The first kappa shape index (κ1) is 14.2. The third-order valence-corrected chi connectivity index (χ3v) is 2.83. The summed E-state index contributed by atoms with van der Waals surface area (Å²) in [6, 6.07) is 5.36. The number of benzene rings is 1. The normalized spacial score (nSPS) is 10.3. The van der Waals surface area contributed by atoms with Crippen LogP contribution in [-0.4, -0.2) is 25.8 Å². The summed E-state index contributed by atoms with van der Waals surface area (Å²) in [5.74, 6) is 0.459. The maximum atomic E-state index is 11.4. The Bertz CT molecular complexity index is 415. The average molecular weight is 250 g/mol.